The molecule has 0 radical (unpaired) electrons. The fraction of sp³-hybridized carbons (Fsp3) is 0.316. The Bertz CT molecular complexity index is 587. The zero-order chi connectivity index (χ0) is 16.5. The Morgan fingerprint density at radius 2 is 1.70 bits per heavy atom. The molecular formula is C19H24N2O2. The number of hydrogen-bond acceptors (Lipinski definition) is 3. The number of hydrogen-bond donors (Lipinski definition) is 1. The van der Waals surface area contributed by atoms with E-state index in [0.717, 1.165) is 11.1 Å². The second-order valence-electron chi connectivity index (χ2n) is 5.51. The van der Waals surface area contributed by atoms with E-state index < -0.39 is 0 Å². The lowest BCUT2D eigenvalue weighted by atomic mass is 10.0. The molecule has 2 rings (SSSR count). The molecule has 1 atom stereocenters. The van der Waals surface area contributed by atoms with E-state index in [1.807, 2.05) is 65.6 Å². The van der Waals surface area contributed by atoms with Gasteiger partial charge >= 0.3 is 0 Å². The summed E-state index contributed by atoms with van der Waals surface area (Å²) in [5, 5.41) is 0. The van der Waals surface area contributed by atoms with Crippen LogP contribution >= 0.6 is 0 Å². The minimum atomic E-state index is -0.287. The molecule has 0 aliphatic heterocycles. The van der Waals surface area contributed by atoms with E-state index in [1.165, 1.54) is 0 Å². The first-order valence-corrected chi connectivity index (χ1v) is 7.82. The van der Waals surface area contributed by atoms with Gasteiger partial charge in [-0.3, -0.25) is 4.79 Å². The molecule has 2 aromatic carbocycles. The Balaban J connectivity index is 2.01. The van der Waals surface area contributed by atoms with Gasteiger partial charge in [-0.1, -0.05) is 60.7 Å². The number of nitrogens with zero attached hydrogens (tertiary/aromatic N) is 1. The number of benzene rings is 2. The summed E-state index contributed by atoms with van der Waals surface area (Å²) in [6.07, 6.45) is 0.292. The third kappa shape index (κ3) is 5.51. The summed E-state index contributed by atoms with van der Waals surface area (Å²) >= 11 is 0. The van der Waals surface area contributed by atoms with Crippen LogP contribution in [0.1, 0.15) is 23.6 Å². The van der Waals surface area contributed by atoms with E-state index in [9.17, 15) is 4.79 Å². The van der Waals surface area contributed by atoms with Crippen LogP contribution in [-0.2, 0) is 16.1 Å². The van der Waals surface area contributed by atoms with Crippen LogP contribution in [0.2, 0.25) is 0 Å². The van der Waals surface area contributed by atoms with Crippen molar-refractivity contribution >= 4 is 5.91 Å². The van der Waals surface area contributed by atoms with Crippen LogP contribution in [0, 0.1) is 0 Å². The van der Waals surface area contributed by atoms with Gasteiger partial charge in [0.15, 0.2) is 0 Å². The molecule has 2 N–H and O–H groups in total. The molecule has 0 aliphatic rings. The minimum Gasteiger partial charge on any atom is -0.383 e. The second kappa shape index (κ2) is 9.08. The van der Waals surface area contributed by atoms with E-state index in [2.05, 4.69) is 0 Å². The molecule has 0 aromatic heterocycles. The van der Waals surface area contributed by atoms with Gasteiger partial charge in [0.05, 0.1) is 6.61 Å². The SMILES string of the molecule is COCCN(Cc1ccccc1)C(=O)CC(N)c1ccccc1. The molecule has 23 heavy (non-hydrogen) atoms. The highest BCUT2D eigenvalue weighted by Crippen LogP contribution is 2.16. The summed E-state index contributed by atoms with van der Waals surface area (Å²) in [5.74, 6) is 0.0438. The van der Waals surface area contributed by atoms with Crippen molar-refractivity contribution in [3.63, 3.8) is 0 Å². The lowest BCUT2D eigenvalue weighted by molar-refractivity contribution is -0.132. The van der Waals surface area contributed by atoms with Crippen LogP contribution in [0.3, 0.4) is 0 Å². The van der Waals surface area contributed by atoms with Gasteiger partial charge in [-0.2, -0.15) is 0 Å². The normalized spacial score (nSPS) is 11.9. The van der Waals surface area contributed by atoms with Crippen LogP contribution in [0.15, 0.2) is 60.7 Å². The second-order valence-corrected chi connectivity index (χ2v) is 5.51. The monoisotopic (exact) mass is 312 g/mol. The zero-order valence-electron chi connectivity index (χ0n) is 13.5. The van der Waals surface area contributed by atoms with Gasteiger partial charge in [-0.15, -0.1) is 0 Å². The van der Waals surface area contributed by atoms with Crippen molar-refractivity contribution in [1.29, 1.82) is 0 Å². The van der Waals surface area contributed by atoms with Gasteiger partial charge in [0.2, 0.25) is 5.91 Å². The largest absolute Gasteiger partial charge is 0.383 e. The van der Waals surface area contributed by atoms with Gasteiger partial charge in [0.25, 0.3) is 0 Å². The number of amides is 1. The Kier molecular flexibility index (Phi) is 6.78. The number of methoxy groups -OCH3 is 1. The Labute approximate surface area is 137 Å². The molecule has 4 nitrogen and oxygen atoms in total. The highest BCUT2D eigenvalue weighted by atomic mass is 16.5. The first kappa shape index (κ1) is 17.2. The lowest BCUT2D eigenvalue weighted by Gasteiger charge is -2.24. The molecule has 0 bridgehead atoms. The summed E-state index contributed by atoms with van der Waals surface area (Å²) in [7, 11) is 1.64. The lowest BCUT2D eigenvalue weighted by Crippen LogP contribution is -2.35. The van der Waals surface area contributed by atoms with E-state index in [4.69, 9.17) is 10.5 Å². The number of carbonyl (C=O) groups is 1. The van der Waals surface area contributed by atoms with Gasteiger partial charge in [0.1, 0.15) is 0 Å². The highest BCUT2D eigenvalue weighted by molar-refractivity contribution is 5.77. The number of rotatable bonds is 8. The van der Waals surface area contributed by atoms with E-state index in [0.29, 0.717) is 26.1 Å². The average Bonchev–Trinajstić information content (AvgIpc) is 2.60. The van der Waals surface area contributed by atoms with Crippen molar-refractivity contribution < 1.29 is 9.53 Å². The van der Waals surface area contributed by atoms with E-state index in [-0.39, 0.29) is 11.9 Å². The van der Waals surface area contributed by atoms with Crippen molar-refractivity contribution in [2.45, 2.75) is 19.0 Å². The number of ether oxygens (including phenoxy) is 1. The molecule has 2 aromatic rings. The Morgan fingerprint density at radius 3 is 2.30 bits per heavy atom. The third-order valence-corrected chi connectivity index (χ3v) is 3.76. The minimum absolute atomic E-state index is 0.0438. The fourth-order valence-electron chi connectivity index (χ4n) is 2.43. The van der Waals surface area contributed by atoms with Crippen LogP contribution < -0.4 is 5.73 Å². The van der Waals surface area contributed by atoms with Gasteiger partial charge in [-0.05, 0) is 11.1 Å². The summed E-state index contributed by atoms with van der Waals surface area (Å²) in [4.78, 5) is 14.4. The molecule has 0 aliphatic carbocycles. The highest BCUT2D eigenvalue weighted by Gasteiger charge is 2.18. The number of nitrogens with two attached hydrogens (primary N) is 1. The predicted octanol–water partition coefficient (Wildman–Crippen LogP) is 2.75. The van der Waals surface area contributed by atoms with Crippen LogP contribution in [0.5, 0.6) is 0 Å². The summed E-state index contributed by atoms with van der Waals surface area (Å²) < 4.78 is 5.12. The zero-order valence-corrected chi connectivity index (χ0v) is 13.5. The predicted molar refractivity (Wildman–Crippen MR) is 91.7 cm³/mol. The summed E-state index contributed by atoms with van der Waals surface area (Å²) in [5.41, 5.74) is 8.26. The Hall–Kier alpha value is -2.17. The van der Waals surface area contributed by atoms with Gasteiger partial charge in [0, 0.05) is 32.7 Å². The standard InChI is InChI=1S/C19H24N2O2/c1-23-13-12-21(15-16-8-4-2-5-9-16)19(22)14-18(20)17-10-6-3-7-11-17/h2-11,18H,12-15,20H2,1H3. The average molecular weight is 312 g/mol. The molecule has 0 spiro atoms. The Morgan fingerprint density at radius 1 is 1.09 bits per heavy atom. The maximum atomic E-state index is 12.6. The van der Waals surface area contributed by atoms with E-state index in [1.54, 1.807) is 7.11 Å². The quantitative estimate of drug-likeness (QED) is 0.815. The molecule has 0 fully saturated rings. The first-order chi connectivity index (χ1) is 11.2. The molecule has 0 saturated heterocycles. The molecule has 4 heteroatoms. The van der Waals surface area contributed by atoms with Crippen LogP contribution in [-0.4, -0.2) is 31.1 Å². The van der Waals surface area contributed by atoms with Crippen molar-refractivity contribution in [2.24, 2.45) is 5.73 Å². The third-order valence-electron chi connectivity index (χ3n) is 3.76. The van der Waals surface area contributed by atoms with Crippen LogP contribution in [0.25, 0.3) is 0 Å². The fourth-order valence-corrected chi connectivity index (χ4v) is 2.43. The molecule has 0 heterocycles. The molecule has 122 valence electrons. The van der Waals surface area contributed by atoms with Crippen molar-refractivity contribution in [1.82, 2.24) is 4.90 Å². The first-order valence-electron chi connectivity index (χ1n) is 7.82. The van der Waals surface area contributed by atoms with Crippen molar-refractivity contribution in [3.8, 4) is 0 Å². The molecular weight excluding hydrogens is 288 g/mol. The number of carbonyl (C=O) groups excluding carboxylic acids is 1. The van der Waals surface area contributed by atoms with Crippen molar-refractivity contribution in [2.75, 3.05) is 20.3 Å². The maximum Gasteiger partial charge on any atom is 0.224 e. The van der Waals surface area contributed by atoms with Gasteiger partial charge in [-0.25, -0.2) is 0 Å². The van der Waals surface area contributed by atoms with Gasteiger partial charge < -0.3 is 15.4 Å². The maximum absolute atomic E-state index is 12.6. The molecule has 0 saturated carbocycles. The van der Waals surface area contributed by atoms with Crippen molar-refractivity contribution in [3.05, 3.63) is 71.8 Å². The smallest absolute Gasteiger partial charge is 0.224 e. The van der Waals surface area contributed by atoms with Crippen LogP contribution in [0.4, 0.5) is 0 Å². The molecule has 1 unspecified atom stereocenters. The summed E-state index contributed by atoms with van der Waals surface area (Å²) in [6, 6.07) is 19.4. The van der Waals surface area contributed by atoms with E-state index >= 15 is 0 Å². The topological polar surface area (TPSA) is 55.6 Å². The summed E-state index contributed by atoms with van der Waals surface area (Å²) in [6.45, 7) is 1.65. The molecule has 1 amide bonds.